The largest absolute Gasteiger partial charge is 0.465 e. The first-order chi connectivity index (χ1) is 9.10. The van der Waals surface area contributed by atoms with Crippen molar-refractivity contribution in [3.05, 3.63) is 39.5 Å². The number of carbonyl (C=O) groups is 1. The van der Waals surface area contributed by atoms with Crippen molar-refractivity contribution in [3.8, 4) is 0 Å². The number of pyridine rings is 1. The van der Waals surface area contributed by atoms with Crippen LogP contribution in [-0.4, -0.2) is 23.0 Å². The third kappa shape index (κ3) is 1.99. The maximum atomic E-state index is 11.5. The molecule has 0 saturated heterocycles. The average molecular weight is 340 g/mol. The van der Waals surface area contributed by atoms with Crippen LogP contribution in [0.2, 0.25) is 5.02 Å². The van der Waals surface area contributed by atoms with Gasteiger partial charge in [0, 0.05) is 16.1 Å². The highest BCUT2D eigenvalue weighted by Gasteiger charge is 2.13. The van der Waals surface area contributed by atoms with Crippen LogP contribution in [0.5, 0.6) is 0 Å². The van der Waals surface area contributed by atoms with E-state index < -0.39 is 5.97 Å². The van der Waals surface area contributed by atoms with Crippen LogP contribution in [0.1, 0.15) is 10.4 Å². The van der Waals surface area contributed by atoms with Gasteiger partial charge in [-0.2, -0.15) is 0 Å². The summed E-state index contributed by atoms with van der Waals surface area (Å²) in [4.78, 5) is 19.0. The van der Waals surface area contributed by atoms with Gasteiger partial charge in [-0.3, -0.25) is 4.98 Å². The summed E-state index contributed by atoms with van der Waals surface area (Å²) in [6.45, 7) is 0. The number of ether oxygens (including phenoxy) is 1. The van der Waals surface area contributed by atoms with E-state index in [0.717, 1.165) is 26.4 Å². The molecule has 0 aliphatic rings. The number of halogens is 2. The Bertz CT molecular complexity index is 813. The zero-order chi connectivity index (χ0) is 13.6. The predicted octanol–water partition coefficient (Wildman–Crippen LogP) is 3.92. The number of rotatable bonds is 1. The Morgan fingerprint density at radius 2 is 2.16 bits per heavy atom. The van der Waals surface area contributed by atoms with E-state index in [1.54, 1.807) is 6.07 Å². The number of fused-ring (bicyclic) bond motifs is 3. The second-order valence-corrected chi connectivity index (χ2v) is 5.37. The van der Waals surface area contributed by atoms with E-state index in [0.29, 0.717) is 10.6 Å². The van der Waals surface area contributed by atoms with Gasteiger partial charge in [0.05, 0.1) is 34.2 Å². The quantitative estimate of drug-likeness (QED) is 0.684. The first kappa shape index (κ1) is 12.4. The zero-order valence-electron chi connectivity index (χ0n) is 9.83. The Morgan fingerprint density at radius 1 is 1.37 bits per heavy atom. The number of hydrogen-bond acceptors (Lipinski definition) is 3. The molecule has 96 valence electrons. The van der Waals surface area contributed by atoms with Crippen LogP contribution in [-0.2, 0) is 4.74 Å². The molecule has 6 heteroatoms. The predicted molar refractivity (Wildman–Crippen MR) is 77.6 cm³/mol. The lowest BCUT2D eigenvalue weighted by Crippen LogP contribution is -2.01. The summed E-state index contributed by atoms with van der Waals surface area (Å²) in [6.07, 6.45) is 1.49. The van der Waals surface area contributed by atoms with Crippen molar-refractivity contribution in [3.63, 3.8) is 0 Å². The van der Waals surface area contributed by atoms with Gasteiger partial charge in [0.2, 0.25) is 0 Å². The molecule has 0 radical (unpaired) electrons. The smallest absolute Gasteiger partial charge is 0.339 e. The number of aromatic amines is 1. The van der Waals surface area contributed by atoms with Crippen molar-refractivity contribution >= 4 is 55.4 Å². The van der Waals surface area contributed by atoms with Gasteiger partial charge in [-0.1, -0.05) is 27.5 Å². The summed E-state index contributed by atoms with van der Waals surface area (Å²) in [5.41, 5.74) is 2.75. The van der Waals surface area contributed by atoms with Gasteiger partial charge in [0.15, 0.2) is 0 Å². The maximum absolute atomic E-state index is 11.5. The molecule has 1 aromatic carbocycles. The van der Waals surface area contributed by atoms with Gasteiger partial charge in [-0.15, -0.1) is 0 Å². The number of nitrogens with zero attached hydrogens (tertiary/aromatic N) is 1. The summed E-state index contributed by atoms with van der Waals surface area (Å²) in [7, 11) is 1.34. The summed E-state index contributed by atoms with van der Waals surface area (Å²) >= 11 is 9.62. The van der Waals surface area contributed by atoms with Gasteiger partial charge in [0.1, 0.15) is 0 Å². The third-order valence-corrected chi connectivity index (χ3v) is 3.63. The molecule has 2 aromatic heterocycles. The zero-order valence-corrected chi connectivity index (χ0v) is 12.2. The Morgan fingerprint density at radius 3 is 2.89 bits per heavy atom. The maximum Gasteiger partial charge on any atom is 0.339 e. The Hall–Kier alpha value is -1.59. The molecule has 0 spiro atoms. The first-order valence-electron chi connectivity index (χ1n) is 5.45. The molecule has 0 bridgehead atoms. The van der Waals surface area contributed by atoms with E-state index in [-0.39, 0.29) is 0 Å². The normalized spacial score (nSPS) is 11.1. The van der Waals surface area contributed by atoms with Crippen molar-refractivity contribution in [2.24, 2.45) is 0 Å². The van der Waals surface area contributed by atoms with Crippen LogP contribution in [0.15, 0.2) is 28.9 Å². The summed E-state index contributed by atoms with van der Waals surface area (Å²) in [6, 6.07) is 5.44. The van der Waals surface area contributed by atoms with Gasteiger partial charge in [-0.05, 0) is 18.2 Å². The fraction of sp³-hybridized carbons (Fsp3) is 0.0769. The Labute approximate surface area is 121 Å². The molecule has 3 rings (SSSR count). The van der Waals surface area contributed by atoms with Crippen molar-refractivity contribution in [2.45, 2.75) is 0 Å². The number of carbonyl (C=O) groups excluding carboxylic acids is 1. The molecule has 0 unspecified atom stereocenters. The van der Waals surface area contributed by atoms with Crippen LogP contribution < -0.4 is 0 Å². The second-order valence-electron chi connectivity index (χ2n) is 4.05. The van der Waals surface area contributed by atoms with Crippen LogP contribution >= 0.6 is 27.5 Å². The molecular weight excluding hydrogens is 332 g/mol. The fourth-order valence-electron chi connectivity index (χ4n) is 2.05. The number of benzene rings is 1. The highest BCUT2D eigenvalue weighted by molar-refractivity contribution is 9.10. The lowest BCUT2D eigenvalue weighted by Gasteiger charge is -1.98. The van der Waals surface area contributed by atoms with E-state index in [2.05, 4.69) is 30.6 Å². The van der Waals surface area contributed by atoms with E-state index in [9.17, 15) is 4.79 Å². The van der Waals surface area contributed by atoms with Crippen molar-refractivity contribution in [1.29, 1.82) is 0 Å². The van der Waals surface area contributed by atoms with E-state index in [1.807, 2.05) is 12.1 Å². The minimum atomic E-state index is -0.416. The molecule has 2 heterocycles. The molecule has 3 aromatic rings. The Kier molecular flexibility index (Phi) is 2.95. The van der Waals surface area contributed by atoms with Crippen LogP contribution in [0, 0.1) is 0 Å². The highest BCUT2D eigenvalue weighted by atomic mass is 79.9. The monoisotopic (exact) mass is 338 g/mol. The van der Waals surface area contributed by atoms with Gasteiger partial charge < -0.3 is 9.72 Å². The molecule has 4 nitrogen and oxygen atoms in total. The third-order valence-electron chi connectivity index (χ3n) is 2.87. The van der Waals surface area contributed by atoms with E-state index in [4.69, 9.17) is 11.6 Å². The fourth-order valence-corrected chi connectivity index (χ4v) is 2.95. The van der Waals surface area contributed by atoms with Crippen LogP contribution in [0.25, 0.3) is 21.9 Å². The number of nitrogens with one attached hydrogen (secondary N) is 1. The topological polar surface area (TPSA) is 55.0 Å². The summed E-state index contributed by atoms with van der Waals surface area (Å²) in [5, 5.41) is 1.45. The van der Waals surface area contributed by atoms with E-state index in [1.165, 1.54) is 13.3 Å². The van der Waals surface area contributed by atoms with Gasteiger partial charge >= 0.3 is 5.97 Å². The number of aromatic nitrogens is 2. The number of hydrogen-bond donors (Lipinski definition) is 1. The van der Waals surface area contributed by atoms with Crippen LogP contribution in [0.4, 0.5) is 0 Å². The minimum Gasteiger partial charge on any atom is -0.465 e. The molecular formula is C13H8BrClN2O2. The molecule has 19 heavy (non-hydrogen) atoms. The van der Waals surface area contributed by atoms with Crippen LogP contribution in [0.3, 0.4) is 0 Å². The molecule has 0 atom stereocenters. The SMILES string of the molecule is COC(=O)c1cnc2c(c1)[nH]c1cc(Br)cc(Cl)c12. The van der Waals surface area contributed by atoms with Crippen molar-refractivity contribution < 1.29 is 9.53 Å². The minimum absolute atomic E-state index is 0.400. The second kappa shape index (κ2) is 4.51. The standard InChI is InChI=1S/C13H8BrClN2O2/c1-19-13(18)6-2-10-12(16-5-6)11-8(15)3-7(14)4-9(11)17-10/h2-5,17H,1H3. The van der Waals surface area contributed by atoms with Gasteiger partial charge in [0.25, 0.3) is 0 Å². The van der Waals surface area contributed by atoms with E-state index >= 15 is 0 Å². The number of methoxy groups -OCH3 is 1. The molecule has 1 N–H and O–H groups in total. The van der Waals surface area contributed by atoms with Crippen molar-refractivity contribution in [2.75, 3.05) is 7.11 Å². The summed E-state index contributed by atoms with van der Waals surface area (Å²) in [5.74, 6) is -0.416. The molecule has 0 aliphatic heterocycles. The Balaban J connectivity index is 2.34. The highest BCUT2D eigenvalue weighted by Crippen LogP contribution is 2.33. The number of esters is 1. The van der Waals surface area contributed by atoms with Gasteiger partial charge in [-0.25, -0.2) is 4.79 Å². The lowest BCUT2D eigenvalue weighted by molar-refractivity contribution is 0.0600. The molecule has 0 amide bonds. The molecule has 0 saturated carbocycles. The average Bonchev–Trinajstić information content (AvgIpc) is 2.74. The lowest BCUT2D eigenvalue weighted by atomic mass is 10.2. The van der Waals surface area contributed by atoms with Crippen molar-refractivity contribution in [1.82, 2.24) is 9.97 Å². The first-order valence-corrected chi connectivity index (χ1v) is 6.62. The molecule has 0 aliphatic carbocycles. The number of H-pyrrole nitrogens is 1. The molecule has 0 fully saturated rings. The summed E-state index contributed by atoms with van der Waals surface area (Å²) < 4.78 is 5.56.